The average Bonchev–Trinajstić information content (AvgIpc) is 3.28. The van der Waals surface area contributed by atoms with Crippen LogP contribution < -0.4 is 10.6 Å². The van der Waals surface area contributed by atoms with Gasteiger partial charge in [-0.15, -0.1) is 11.3 Å². The Kier molecular flexibility index (Phi) is 4.17. The van der Waals surface area contributed by atoms with E-state index in [0.717, 1.165) is 10.6 Å². The van der Waals surface area contributed by atoms with E-state index in [-0.39, 0.29) is 30.2 Å². The minimum Gasteiger partial charge on any atom is -0.371 e. The summed E-state index contributed by atoms with van der Waals surface area (Å²) < 4.78 is 11.6. The number of aromatic nitrogens is 2. The van der Waals surface area contributed by atoms with Crippen LogP contribution in [-0.2, 0) is 14.3 Å². The summed E-state index contributed by atoms with van der Waals surface area (Å²) in [6.07, 6.45) is 1.50. The van der Waals surface area contributed by atoms with E-state index in [1.807, 2.05) is 23.6 Å². The molecule has 0 spiro atoms. The average molecular weight is 346 g/mol. The highest BCUT2D eigenvalue weighted by atomic mass is 32.1. The molecule has 0 radical (unpaired) electrons. The Morgan fingerprint density at radius 1 is 1.25 bits per heavy atom. The monoisotopic (exact) mass is 346 g/mol. The second kappa shape index (κ2) is 6.46. The maximum atomic E-state index is 11.3. The standard InChI is InChI=1S/C16H18N4O3S/c1-9(21)18-11-7-22-15-12(8-23-14(11)15)20-16-17-5-4-10(19-16)13-3-2-6-24-13/h2-6,11-12,14-15H,7-8H2,1H3,(H,18,21)(H,17,19,20)/t11-,12-,14+,15+/m0/s1. The molecule has 2 fully saturated rings. The number of carbonyl (C=O) groups excluding carboxylic acids is 1. The first-order valence-electron chi connectivity index (χ1n) is 7.84. The number of carbonyl (C=O) groups is 1. The predicted molar refractivity (Wildman–Crippen MR) is 89.8 cm³/mol. The number of nitrogens with one attached hydrogen (secondary N) is 2. The molecule has 2 aliphatic rings. The van der Waals surface area contributed by atoms with E-state index in [1.165, 1.54) is 6.92 Å². The van der Waals surface area contributed by atoms with Crippen molar-refractivity contribution in [1.29, 1.82) is 0 Å². The maximum absolute atomic E-state index is 11.3. The quantitative estimate of drug-likeness (QED) is 0.868. The molecule has 0 unspecified atom stereocenters. The van der Waals surface area contributed by atoms with Gasteiger partial charge >= 0.3 is 0 Å². The first-order valence-corrected chi connectivity index (χ1v) is 8.72. The molecule has 4 atom stereocenters. The molecule has 0 aromatic carbocycles. The molecule has 1 amide bonds. The van der Waals surface area contributed by atoms with Gasteiger partial charge in [-0.25, -0.2) is 9.97 Å². The largest absolute Gasteiger partial charge is 0.371 e. The summed E-state index contributed by atoms with van der Waals surface area (Å²) >= 11 is 1.64. The highest BCUT2D eigenvalue weighted by molar-refractivity contribution is 7.13. The zero-order valence-corrected chi connectivity index (χ0v) is 14.0. The van der Waals surface area contributed by atoms with Crippen LogP contribution in [0.1, 0.15) is 6.92 Å². The minimum atomic E-state index is -0.133. The van der Waals surface area contributed by atoms with E-state index in [0.29, 0.717) is 19.2 Å². The van der Waals surface area contributed by atoms with Gasteiger partial charge in [-0.2, -0.15) is 0 Å². The highest BCUT2D eigenvalue weighted by Gasteiger charge is 2.48. The van der Waals surface area contributed by atoms with Gasteiger partial charge in [0.2, 0.25) is 11.9 Å². The molecule has 4 rings (SSSR count). The van der Waals surface area contributed by atoms with Crippen molar-refractivity contribution in [3.05, 3.63) is 29.8 Å². The molecule has 7 nitrogen and oxygen atoms in total. The van der Waals surface area contributed by atoms with Gasteiger partial charge < -0.3 is 20.1 Å². The van der Waals surface area contributed by atoms with Crippen molar-refractivity contribution in [3.8, 4) is 10.6 Å². The Labute approximate surface area is 143 Å². The zero-order valence-electron chi connectivity index (χ0n) is 13.1. The van der Waals surface area contributed by atoms with E-state index in [9.17, 15) is 4.79 Å². The normalized spacial score (nSPS) is 28.5. The summed E-state index contributed by atoms with van der Waals surface area (Å²) in [6.45, 7) is 2.46. The first kappa shape index (κ1) is 15.5. The fraction of sp³-hybridized carbons (Fsp3) is 0.438. The minimum absolute atomic E-state index is 0.0349. The number of hydrogen-bond donors (Lipinski definition) is 2. The number of hydrogen-bond acceptors (Lipinski definition) is 7. The molecular formula is C16H18N4O3S. The molecule has 126 valence electrons. The second-order valence-corrected chi connectivity index (χ2v) is 6.84. The summed E-state index contributed by atoms with van der Waals surface area (Å²) in [7, 11) is 0. The van der Waals surface area contributed by atoms with Crippen LogP contribution in [0.2, 0.25) is 0 Å². The summed E-state index contributed by atoms with van der Waals surface area (Å²) in [5.41, 5.74) is 0.890. The zero-order chi connectivity index (χ0) is 16.5. The predicted octanol–water partition coefficient (Wildman–Crippen LogP) is 1.29. The van der Waals surface area contributed by atoms with Crippen molar-refractivity contribution in [1.82, 2.24) is 15.3 Å². The van der Waals surface area contributed by atoms with Crippen LogP contribution in [-0.4, -0.2) is 53.4 Å². The summed E-state index contributed by atoms with van der Waals surface area (Å²) in [6, 6.07) is 5.79. The molecular weight excluding hydrogens is 328 g/mol. The molecule has 0 aliphatic carbocycles. The van der Waals surface area contributed by atoms with Crippen molar-refractivity contribution in [3.63, 3.8) is 0 Å². The van der Waals surface area contributed by atoms with Crippen LogP contribution in [0.5, 0.6) is 0 Å². The number of anilines is 1. The van der Waals surface area contributed by atoms with Gasteiger partial charge in [-0.1, -0.05) is 6.07 Å². The molecule has 2 aliphatic heterocycles. The van der Waals surface area contributed by atoms with Gasteiger partial charge in [0.15, 0.2) is 0 Å². The van der Waals surface area contributed by atoms with Crippen LogP contribution in [0, 0.1) is 0 Å². The first-order chi connectivity index (χ1) is 11.7. The Balaban J connectivity index is 1.45. The maximum Gasteiger partial charge on any atom is 0.223 e. The van der Waals surface area contributed by atoms with Gasteiger partial charge in [-0.3, -0.25) is 4.79 Å². The number of fused-ring (bicyclic) bond motifs is 1. The Morgan fingerprint density at radius 3 is 2.79 bits per heavy atom. The van der Waals surface area contributed by atoms with Crippen LogP contribution in [0.4, 0.5) is 5.95 Å². The van der Waals surface area contributed by atoms with Crippen molar-refractivity contribution >= 4 is 23.2 Å². The van der Waals surface area contributed by atoms with E-state index in [2.05, 4.69) is 20.6 Å². The van der Waals surface area contributed by atoms with E-state index in [1.54, 1.807) is 17.5 Å². The summed E-state index contributed by atoms with van der Waals surface area (Å²) in [4.78, 5) is 21.2. The fourth-order valence-electron chi connectivity index (χ4n) is 3.16. The molecule has 4 heterocycles. The van der Waals surface area contributed by atoms with Gasteiger partial charge in [0.25, 0.3) is 0 Å². The Bertz CT molecular complexity index is 724. The van der Waals surface area contributed by atoms with Gasteiger partial charge in [0, 0.05) is 13.1 Å². The smallest absolute Gasteiger partial charge is 0.223 e. The molecule has 8 heteroatoms. The molecule has 24 heavy (non-hydrogen) atoms. The topological polar surface area (TPSA) is 85.4 Å². The van der Waals surface area contributed by atoms with Crippen LogP contribution in [0.3, 0.4) is 0 Å². The number of nitrogens with zero attached hydrogens (tertiary/aromatic N) is 2. The van der Waals surface area contributed by atoms with E-state index < -0.39 is 0 Å². The lowest BCUT2D eigenvalue weighted by atomic mass is 10.1. The van der Waals surface area contributed by atoms with Crippen molar-refractivity contribution in [2.24, 2.45) is 0 Å². The number of thiophene rings is 1. The second-order valence-electron chi connectivity index (χ2n) is 5.90. The van der Waals surface area contributed by atoms with Crippen molar-refractivity contribution in [2.75, 3.05) is 18.5 Å². The van der Waals surface area contributed by atoms with Gasteiger partial charge in [0.05, 0.1) is 35.9 Å². The lowest BCUT2D eigenvalue weighted by Crippen LogP contribution is -2.44. The molecule has 2 N–H and O–H groups in total. The van der Waals surface area contributed by atoms with Crippen LogP contribution >= 0.6 is 11.3 Å². The fourth-order valence-corrected chi connectivity index (χ4v) is 3.86. The molecule has 2 saturated heterocycles. The summed E-state index contributed by atoms with van der Waals surface area (Å²) in [5.74, 6) is 0.484. The van der Waals surface area contributed by atoms with Crippen molar-refractivity contribution in [2.45, 2.75) is 31.2 Å². The number of ether oxygens (including phenoxy) is 2. The number of rotatable bonds is 4. The number of amides is 1. The highest BCUT2D eigenvalue weighted by Crippen LogP contribution is 2.29. The third-order valence-corrected chi connectivity index (χ3v) is 5.08. The lowest BCUT2D eigenvalue weighted by molar-refractivity contribution is -0.120. The molecule has 2 aromatic rings. The van der Waals surface area contributed by atoms with Gasteiger partial charge in [-0.05, 0) is 17.5 Å². The Hall–Kier alpha value is -2.03. The summed E-state index contributed by atoms with van der Waals surface area (Å²) in [5, 5.41) is 8.21. The Morgan fingerprint density at radius 2 is 2.04 bits per heavy atom. The van der Waals surface area contributed by atoms with Gasteiger partial charge in [0.1, 0.15) is 12.2 Å². The van der Waals surface area contributed by atoms with E-state index in [4.69, 9.17) is 9.47 Å². The molecule has 0 bridgehead atoms. The lowest BCUT2D eigenvalue weighted by Gasteiger charge is -2.18. The molecule has 0 saturated carbocycles. The SMILES string of the molecule is CC(=O)N[C@H]1CO[C@H]2[C@@H]1OC[C@@H]2Nc1nccc(-c2cccs2)n1. The van der Waals surface area contributed by atoms with E-state index >= 15 is 0 Å². The third kappa shape index (κ3) is 3.00. The molecule has 2 aromatic heterocycles. The van der Waals surface area contributed by atoms with Crippen LogP contribution in [0.15, 0.2) is 29.8 Å². The third-order valence-electron chi connectivity index (χ3n) is 4.19. The van der Waals surface area contributed by atoms with Crippen LogP contribution in [0.25, 0.3) is 10.6 Å². The van der Waals surface area contributed by atoms with Crippen molar-refractivity contribution < 1.29 is 14.3 Å².